The van der Waals surface area contributed by atoms with Crippen LogP contribution in [-0.2, 0) is 33.5 Å². The van der Waals surface area contributed by atoms with Crippen LogP contribution < -0.4 is 15.4 Å². The van der Waals surface area contributed by atoms with Crippen molar-refractivity contribution in [3.63, 3.8) is 0 Å². The molecule has 12 nitrogen and oxygen atoms in total. The van der Waals surface area contributed by atoms with Crippen molar-refractivity contribution >= 4 is 35.4 Å². The number of carboxylic acid groups (broad SMARTS) is 1. The van der Waals surface area contributed by atoms with Crippen molar-refractivity contribution in [1.82, 2.24) is 15.5 Å². The Morgan fingerprint density at radius 3 is 2.29 bits per heavy atom. The fourth-order valence-electron chi connectivity index (χ4n) is 4.48. The highest BCUT2D eigenvalue weighted by Gasteiger charge is 2.40. The van der Waals surface area contributed by atoms with Gasteiger partial charge in [0.2, 0.25) is 17.7 Å². The number of aliphatic carboxylic acids is 1. The number of carbonyl (C=O) groups excluding carboxylic acids is 5. The number of nitrogens with one attached hydrogen (secondary N) is 2. The Hall–Kier alpha value is -3.96. The van der Waals surface area contributed by atoms with Crippen molar-refractivity contribution in [1.29, 1.82) is 0 Å². The van der Waals surface area contributed by atoms with Gasteiger partial charge in [-0.1, -0.05) is 32.0 Å². The van der Waals surface area contributed by atoms with Crippen molar-refractivity contribution in [2.45, 2.75) is 96.9 Å². The zero-order valence-corrected chi connectivity index (χ0v) is 25.0. The molecule has 1 aromatic carbocycles. The van der Waals surface area contributed by atoms with Gasteiger partial charge < -0.3 is 30.1 Å². The lowest BCUT2D eigenvalue weighted by Gasteiger charge is -2.31. The van der Waals surface area contributed by atoms with E-state index in [9.17, 15) is 28.8 Å². The maximum Gasteiger partial charge on any atom is 0.308 e. The van der Waals surface area contributed by atoms with Gasteiger partial charge in [0.25, 0.3) is 0 Å². The van der Waals surface area contributed by atoms with E-state index in [1.54, 1.807) is 65.0 Å². The molecule has 3 N–H and O–H groups in total. The topological polar surface area (TPSA) is 168 Å². The van der Waals surface area contributed by atoms with Crippen molar-refractivity contribution in [2.75, 3.05) is 13.2 Å². The first-order chi connectivity index (χ1) is 19.7. The van der Waals surface area contributed by atoms with Crippen LogP contribution >= 0.6 is 0 Å². The number of amides is 3. The van der Waals surface area contributed by atoms with Crippen molar-refractivity contribution in [3.8, 4) is 5.75 Å². The number of Topliss-reactive ketones (excluding diaryl/α,β-unsaturated/α-hetero) is 1. The number of nitrogens with zero attached hydrogens (tertiary/aromatic N) is 1. The molecule has 0 saturated carbocycles. The fraction of sp³-hybridized carbons (Fsp3) is 0.600. The second-order valence-electron chi connectivity index (χ2n) is 11.6. The van der Waals surface area contributed by atoms with Gasteiger partial charge in [-0.15, -0.1) is 0 Å². The molecule has 0 unspecified atom stereocenters. The van der Waals surface area contributed by atoms with E-state index in [2.05, 4.69) is 10.6 Å². The minimum Gasteiger partial charge on any atom is -0.486 e. The van der Waals surface area contributed by atoms with Gasteiger partial charge in [0.15, 0.2) is 5.78 Å². The fourth-order valence-corrected chi connectivity index (χ4v) is 4.48. The Morgan fingerprint density at radius 1 is 1.02 bits per heavy atom. The summed E-state index contributed by atoms with van der Waals surface area (Å²) in [6, 6.07) is 5.55. The zero-order chi connectivity index (χ0) is 31.4. The molecule has 1 fully saturated rings. The first kappa shape index (κ1) is 34.2. The highest BCUT2D eigenvalue weighted by atomic mass is 16.6. The van der Waals surface area contributed by atoms with Crippen LogP contribution in [0.3, 0.4) is 0 Å². The first-order valence-electron chi connectivity index (χ1n) is 14.2. The average Bonchev–Trinajstić information content (AvgIpc) is 3.39. The lowest BCUT2D eigenvalue weighted by atomic mass is 10.0. The van der Waals surface area contributed by atoms with E-state index in [-0.39, 0.29) is 31.7 Å². The zero-order valence-electron chi connectivity index (χ0n) is 25.0. The summed E-state index contributed by atoms with van der Waals surface area (Å²) in [5, 5.41) is 14.1. The van der Waals surface area contributed by atoms with E-state index in [1.807, 2.05) is 0 Å². The van der Waals surface area contributed by atoms with E-state index < -0.39 is 72.2 Å². The summed E-state index contributed by atoms with van der Waals surface area (Å²) < 4.78 is 10.9. The van der Waals surface area contributed by atoms with Gasteiger partial charge in [-0.25, -0.2) is 0 Å². The number of esters is 1. The molecule has 0 bridgehead atoms. The lowest BCUT2D eigenvalue weighted by molar-refractivity contribution is -0.156. The van der Waals surface area contributed by atoms with Gasteiger partial charge in [0.05, 0.1) is 6.42 Å². The molecular weight excluding hydrogens is 546 g/mol. The van der Waals surface area contributed by atoms with Crippen LogP contribution in [0.4, 0.5) is 0 Å². The number of benzene rings is 1. The van der Waals surface area contributed by atoms with Crippen molar-refractivity contribution in [2.24, 2.45) is 5.92 Å². The van der Waals surface area contributed by atoms with E-state index in [1.165, 1.54) is 4.90 Å². The number of likely N-dealkylation sites (tertiary alicyclic amines) is 1. The quantitative estimate of drug-likeness (QED) is 0.260. The van der Waals surface area contributed by atoms with Crippen LogP contribution in [0.15, 0.2) is 30.3 Å². The SMILES string of the molecule is CC(C)[C@H](NC(=O)CCCC(=O)O)C(=O)N1CCC[C@H]1C(=O)N[C@@H](CC(=O)OC(C)(C)C)C(=O)COc1ccccc1. The minimum absolute atomic E-state index is 0.0494. The van der Waals surface area contributed by atoms with Crippen LogP contribution in [0.25, 0.3) is 0 Å². The van der Waals surface area contributed by atoms with E-state index in [4.69, 9.17) is 14.6 Å². The van der Waals surface area contributed by atoms with Gasteiger partial charge >= 0.3 is 11.9 Å². The molecule has 0 radical (unpaired) electrons. The Kier molecular flexibility index (Phi) is 12.9. The Labute approximate surface area is 246 Å². The molecule has 0 spiro atoms. The highest BCUT2D eigenvalue weighted by Crippen LogP contribution is 2.21. The van der Waals surface area contributed by atoms with Gasteiger partial charge in [0.1, 0.15) is 36.1 Å². The number of ether oxygens (including phenoxy) is 2. The molecule has 1 aliphatic rings. The second kappa shape index (κ2) is 15.9. The Balaban J connectivity index is 2.13. The predicted molar refractivity (Wildman–Crippen MR) is 152 cm³/mol. The molecule has 1 saturated heterocycles. The maximum atomic E-state index is 13.5. The molecule has 42 heavy (non-hydrogen) atoms. The van der Waals surface area contributed by atoms with E-state index in [0.717, 1.165) is 0 Å². The summed E-state index contributed by atoms with van der Waals surface area (Å²) in [6.45, 7) is 8.47. The third-order valence-corrected chi connectivity index (χ3v) is 6.50. The van der Waals surface area contributed by atoms with Gasteiger partial charge in [-0.2, -0.15) is 0 Å². The van der Waals surface area contributed by atoms with Crippen molar-refractivity contribution in [3.05, 3.63) is 30.3 Å². The minimum atomic E-state index is -1.25. The monoisotopic (exact) mass is 589 g/mol. The van der Waals surface area contributed by atoms with Crippen LogP contribution in [0, 0.1) is 5.92 Å². The summed E-state index contributed by atoms with van der Waals surface area (Å²) in [5.74, 6) is -3.58. The maximum absolute atomic E-state index is 13.5. The molecule has 1 heterocycles. The first-order valence-corrected chi connectivity index (χ1v) is 14.2. The molecule has 3 amide bonds. The normalized spacial score (nSPS) is 16.3. The molecule has 12 heteroatoms. The molecule has 3 atom stereocenters. The van der Waals surface area contributed by atoms with Crippen LogP contribution in [0.2, 0.25) is 0 Å². The highest BCUT2D eigenvalue weighted by molar-refractivity contribution is 5.96. The third-order valence-electron chi connectivity index (χ3n) is 6.50. The predicted octanol–water partition coefficient (Wildman–Crippen LogP) is 2.24. The third kappa shape index (κ3) is 11.5. The smallest absolute Gasteiger partial charge is 0.308 e. The molecule has 0 aliphatic carbocycles. The molecule has 1 aromatic rings. The standard InChI is InChI=1S/C30H43N3O9/c1-19(2)27(32-24(35)14-9-15-25(36)37)29(40)33-16-10-13-22(33)28(39)31-21(17-26(38)42-30(3,4)5)23(34)18-41-20-11-7-6-8-12-20/h6-8,11-12,19,21-22,27H,9-10,13-18H2,1-5H3,(H,31,39)(H,32,35)(H,36,37)/t21-,22-,27-/m0/s1. The molecule has 232 valence electrons. The lowest BCUT2D eigenvalue weighted by Crippen LogP contribution is -2.57. The molecule has 2 rings (SSSR count). The van der Waals surface area contributed by atoms with E-state index >= 15 is 0 Å². The summed E-state index contributed by atoms with van der Waals surface area (Å²) in [7, 11) is 0. The summed E-state index contributed by atoms with van der Waals surface area (Å²) in [6.07, 6.45) is 0.372. The number of rotatable bonds is 15. The van der Waals surface area contributed by atoms with Gasteiger partial charge in [-0.05, 0) is 58.1 Å². The van der Waals surface area contributed by atoms with Crippen LogP contribution in [0.1, 0.15) is 73.1 Å². The average molecular weight is 590 g/mol. The van der Waals surface area contributed by atoms with Crippen LogP contribution in [-0.4, -0.2) is 82.3 Å². The van der Waals surface area contributed by atoms with Gasteiger partial charge in [0, 0.05) is 19.4 Å². The summed E-state index contributed by atoms with van der Waals surface area (Å²) in [4.78, 5) is 77.2. The number of carbonyl (C=O) groups is 6. The van der Waals surface area contributed by atoms with Gasteiger partial charge in [-0.3, -0.25) is 28.8 Å². The molecule has 1 aliphatic heterocycles. The largest absolute Gasteiger partial charge is 0.486 e. The summed E-state index contributed by atoms with van der Waals surface area (Å²) in [5.41, 5.74) is -0.798. The Bertz CT molecular complexity index is 1110. The van der Waals surface area contributed by atoms with Crippen LogP contribution in [0.5, 0.6) is 5.75 Å². The molecular formula is C30H43N3O9. The molecule has 0 aromatic heterocycles. The number of carboxylic acids is 1. The second-order valence-corrected chi connectivity index (χ2v) is 11.6. The Morgan fingerprint density at radius 2 is 1.69 bits per heavy atom. The number of para-hydroxylation sites is 1. The summed E-state index contributed by atoms with van der Waals surface area (Å²) >= 11 is 0. The number of hydrogen-bond acceptors (Lipinski definition) is 8. The van der Waals surface area contributed by atoms with Crippen molar-refractivity contribution < 1.29 is 43.3 Å². The van der Waals surface area contributed by atoms with E-state index in [0.29, 0.717) is 18.6 Å². The number of ketones is 1. The number of hydrogen-bond donors (Lipinski definition) is 3.